The fourth-order valence-corrected chi connectivity index (χ4v) is 2.13. The van der Waals surface area contributed by atoms with E-state index >= 15 is 0 Å². The molecular formula is C14H11ClFNO3. The zero-order chi connectivity index (χ0) is 14.7. The summed E-state index contributed by atoms with van der Waals surface area (Å²) in [5, 5.41) is 21.2. The zero-order valence-electron chi connectivity index (χ0n) is 10.3. The Labute approximate surface area is 119 Å². The second-order valence-corrected chi connectivity index (χ2v) is 4.71. The SMILES string of the molecule is O=[N+]([O-])c1ccccc1CC(O)c1cc(Cl)ccc1F. The number of nitrogens with zero attached hydrogens (tertiary/aromatic N) is 1. The van der Waals surface area contributed by atoms with Crippen molar-refractivity contribution in [3.8, 4) is 0 Å². The van der Waals surface area contributed by atoms with Crippen LogP contribution in [0.25, 0.3) is 0 Å². The van der Waals surface area contributed by atoms with Crippen molar-refractivity contribution >= 4 is 17.3 Å². The molecule has 20 heavy (non-hydrogen) atoms. The summed E-state index contributed by atoms with van der Waals surface area (Å²) in [5.74, 6) is -0.597. The minimum Gasteiger partial charge on any atom is -0.388 e. The first-order valence-electron chi connectivity index (χ1n) is 5.84. The second-order valence-electron chi connectivity index (χ2n) is 4.27. The summed E-state index contributed by atoms with van der Waals surface area (Å²) in [6, 6.07) is 9.88. The standard InChI is InChI=1S/C14H11ClFNO3/c15-10-5-6-12(16)11(8-10)14(18)7-9-3-1-2-4-13(9)17(19)20/h1-6,8,14,18H,7H2. The molecule has 2 aromatic rings. The molecule has 0 aromatic heterocycles. The Hall–Kier alpha value is -1.98. The maximum Gasteiger partial charge on any atom is 0.272 e. The Morgan fingerprint density at radius 2 is 2.00 bits per heavy atom. The summed E-state index contributed by atoms with van der Waals surface area (Å²) in [6.07, 6.45) is -1.26. The first kappa shape index (κ1) is 14.4. The lowest BCUT2D eigenvalue weighted by Gasteiger charge is -2.12. The van der Waals surface area contributed by atoms with Crippen molar-refractivity contribution in [2.45, 2.75) is 12.5 Å². The van der Waals surface area contributed by atoms with Gasteiger partial charge in [0.25, 0.3) is 5.69 Å². The predicted octanol–water partition coefficient (Wildman–Crippen LogP) is 3.66. The Bertz CT molecular complexity index is 648. The number of para-hydroxylation sites is 1. The normalized spacial score (nSPS) is 12.2. The van der Waals surface area contributed by atoms with E-state index in [1.54, 1.807) is 6.07 Å². The predicted molar refractivity (Wildman–Crippen MR) is 73.2 cm³/mol. The lowest BCUT2D eigenvalue weighted by molar-refractivity contribution is -0.385. The summed E-state index contributed by atoms with van der Waals surface area (Å²) in [4.78, 5) is 10.4. The molecule has 1 N–H and O–H groups in total. The number of benzene rings is 2. The van der Waals surface area contributed by atoms with Crippen LogP contribution in [0.15, 0.2) is 42.5 Å². The van der Waals surface area contributed by atoms with Gasteiger partial charge in [0.2, 0.25) is 0 Å². The molecule has 2 aromatic carbocycles. The Morgan fingerprint density at radius 1 is 1.30 bits per heavy atom. The quantitative estimate of drug-likeness (QED) is 0.691. The van der Waals surface area contributed by atoms with Gasteiger partial charge >= 0.3 is 0 Å². The number of aliphatic hydroxyl groups excluding tert-OH is 1. The molecule has 0 fully saturated rings. The van der Waals surface area contributed by atoms with Crippen molar-refractivity contribution < 1.29 is 14.4 Å². The van der Waals surface area contributed by atoms with Crippen LogP contribution >= 0.6 is 11.6 Å². The van der Waals surface area contributed by atoms with E-state index in [-0.39, 0.29) is 17.7 Å². The van der Waals surface area contributed by atoms with E-state index in [2.05, 4.69) is 0 Å². The van der Waals surface area contributed by atoms with Crippen LogP contribution in [0, 0.1) is 15.9 Å². The van der Waals surface area contributed by atoms with Gasteiger partial charge in [-0.05, 0) is 18.2 Å². The monoisotopic (exact) mass is 295 g/mol. The number of nitro benzene ring substituents is 1. The van der Waals surface area contributed by atoms with Gasteiger partial charge in [0.15, 0.2) is 0 Å². The van der Waals surface area contributed by atoms with Gasteiger partial charge in [-0.1, -0.05) is 29.8 Å². The number of hydrogen-bond acceptors (Lipinski definition) is 3. The number of aliphatic hydroxyl groups is 1. The summed E-state index contributed by atoms with van der Waals surface area (Å²) in [5.41, 5.74) is 0.258. The van der Waals surface area contributed by atoms with E-state index in [1.165, 1.54) is 30.3 Å². The molecule has 0 heterocycles. The van der Waals surface area contributed by atoms with Crippen LogP contribution in [0.1, 0.15) is 17.2 Å². The number of nitro groups is 1. The Morgan fingerprint density at radius 3 is 2.70 bits per heavy atom. The Balaban J connectivity index is 2.30. The van der Waals surface area contributed by atoms with Gasteiger partial charge < -0.3 is 5.11 Å². The highest BCUT2D eigenvalue weighted by Crippen LogP contribution is 2.27. The van der Waals surface area contributed by atoms with Gasteiger partial charge in [-0.2, -0.15) is 0 Å². The minimum absolute atomic E-state index is 0.0238. The molecule has 0 aliphatic rings. The van der Waals surface area contributed by atoms with Crippen molar-refractivity contribution in [2.24, 2.45) is 0 Å². The Kier molecular flexibility index (Phi) is 4.32. The molecular weight excluding hydrogens is 285 g/mol. The van der Waals surface area contributed by atoms with Crippen molar-refractivity contribution in [1.82, 2.24) is 0 Å². The molecule has 0 aliphatic carbocycles. The first-order valence-corrected chi connectivity index (χ1v) is 6.22. The molecule has 0 aliphatic heterocycles. The summed E-state index contributed by atoms with van der Waals surface area (Å²) >= 11 is 5.76. The second kappa shape index (κ2) is 5.98. The van der Waals surface area contributed by atoms with E-state index < -0.39 is 16.8 Å². The summed E-state index contributed by atoms with van der Waals surface area (Å²) in [6.45, 7) is 0. The van der Waals surface area contributed by atoms with Gasteiger partial charge in [-0.3, -0.25) is 10.1 Å². The van der Waals surface area contributed by atoms with Crippen LogP contribution in [-0.2, 0) is 6.42 Å². The first-order chi connectivity index (χ1) is 9.49. The topological polar surface area (TPSA) is 63.4 Å². The van der Waals surface area contributed by atoms with E-state index in [1.807, 2.05) is 0 Å². The highest BCUT2D eigenvalue weighted by atomic mass is 35.5. The van der Waals surface area contributed by atoms with Crippen molar-refractivity contribution in [3.05, 3.63) is 74.5 Å². The summed E-state index contributed by atoms with van der Waals surface area (Å²) < 4.78 is 13.6. The van der Waals surface area contributed by atoms with Gasteiger partial charge in [-0.25, -0.2) is 4.39 Å². The third kappa shape index (κ3) is 3.12. The van der Waals surface area contributed by atoms with Gasteiger partial charge in [-0.15, -0.1) is 0 Å². The van der Waals surface area contributed by atoms with Gasteiger partial charge in [0, 0.05) is 28.6 Å². The maximum atomic E-state index is 13.6. The zero-order valence-corrected chi connectivity index (χ0v) is 11.0. The number of halogens is 2. The van der Waals surface area contributed by atoms with E-state index in [9.17, 15) is 19.6 Å². The fraction of sp³-hybridized carbons (Fsp3) is 0.143. The highest BCUT2D eigenvalue weighted by molar-refractivity contribution is 6.30. The molecule has 1 atom stereocenters. The lowest BCUT2D eigenvalue weighted by atomic mass is 10.00. The van der Waals surface area contributed by atoms with Crippen LogP contribution in [0.4, 0.5) is 10.1 Å². The van der Waals surface area contributed by atoms with Gasteiger partial charge in [0.05, 0.1) is 11.0 Å². The van der Waals surface area contributed by atoms with E-state index in [0.717, 1.165) is 6.07 Å². The van der Waals surface area contributed by atoms with Crippen LogP contribution in [0.2, 0.25) is 5.02 Å². The highest BCUT2D eigenvalue weighted by Gasteiger charge is 2.19. The summed E-state index contributed by atoms with van der Waals surface area (Å²) in [7, 11) is 0. The average Bonchev–Trinajstić information content (AvgIpc) is 2.41. The van der Waals surface area contributed by atoms with Crippen molar-refractivity contribution in [3.63, 3.8) is 0 Å². The van der Waals surface area contributed by atoms with Crippen LogP contribution in [0.5, 0.6) is 0 Å². The molecule has 0 spiro atoms. The molecule has 4 nitrogen and oxygen atoms in total. The van der Waals surface area contributed by atoms with E-state index in [4.69, 9.17) is 11.6 Å². The van der Waals surface area contributed by atoms with Crippen LogP contribution in [0.3, 0.4) is 0 Å². The van der Waals surface area contributed by atoms with E-state index in [0.29, 0.717) is 10.6 Å². The molecule has 6 heteroatoms. The van der Waals surface area contributed by atoms with Gasteiger partial charge in [0.1, 0.15) is 5.82 Å². The van der Waals surface area contributed by atoms with Crippen molar-refractivity contribution in [1.29, 1.82) is 0 Å². The molecule has 2 rings (SSSR count). The average molecular weight is 296 g/mol. The molecule has 0 amide bonds. The molecule has 0 bridgehead atoms. The largest absolute Gasteiger partial charge is 0.388 e. The third-order valence-corrected chi connectivity index (χ3v) is 3.15. The molecule has 1 unspecified atom stereocenters. The van der Waals surface area contributed by atoms with Crippen molar-refractivity contribution in [2.75, 3.05) is 0 Å². The fourth-order valence-electron chi connectivity index (χ4n) is 1.95. The third-order valence-electron chi connectivity index (χ3n) is 2.92. The number of rotatable bonds is 4. The maximum absolute atomic E-state index is 13.6. The van der Waals surface area contributed by atoms with Crippen LogP contribution in [-0.4, -0.2) is 10.0 Å². The molecule has 0 radical (unpaired) electrons. The number of hydrogen-bond donors (Lipinski definition) is 1. The molecule has 0 saturated carbocycles. The smallest absolute Gasteiger partial charge is 0.272 e. The molecule has 104 valence electrons. The molecule has 0 saturated heterocycles. The van der Waals surface area contributed by atoms with Crippen LogP contribution < -0.4 is 0 Å². The lowest BCUT2D eigenvalue weighted by Crippen LogP contribution is -2.06. The minimum atomic E-state index is -1.20.